The van der Waals surface area contributed by atoms with Gasteiger partial charge in [0.05, 0.1) is 18.9 Å². The number of aliphatic hydroxyl groups is 2. The number of aliphatic hydroxyl groups excluding tert-OH is 2. The molecule has 2 atom stereocenters. The van der Waals surface area contributed by atoms with Crippen molar-refractivity contribution in [2.24, 2.45) is 5.73 Å². The molecule has 0 heterocycles. The van der Waals surface area contributed by atoms with Gasteiger partial charge in [0.1, 0.15) is 6.10 Å². The van der Waals surface area contributed by atoms with Crippen LogP contribution in [-0.2, 0) is 9.59 Å². The fourth-order valence-corrected chi connectivity index (χ4v) is 1.77. The monoisotopic (exact) mass is 295 g/mol. The van der Waals surface area contributed by atoms with Gasteiger partial charge in [-0.3, -0.25) is 14.4 Å². The van der Waals surface area contributed by atoms with Crippen molar-refractivity contribution in [3.05, 3.63) is 35.4 Å². The van der Waals surface area contributed by atoms with Crippen LogP contribution in [0.2, 0.25) is 0 Å². The number of aliphatic carboxylic acids is 1. The Morgan fingerprint density at radius 2 is 1.62 bits per heavy atom. The van der Waals surface area contributed by atoms with E-state index in [4.69, 9.17) is 10.8 Å². The summed E-state index contributed by atoms with van der Waals surface area (Å²) in [6, 6.07) is 5.73. The van der Waals surface area contributed by atoms with E-state index >= 15 is 0 Å². The first-order valence-corrected chi connectivity index (χ1v) is 6.30. The summed E-state index contributed by atoms with van der Waals surface area (Å²) in [5, 5.41) is 27.9. The van der Waals surface area contributed by atoms with Gasteiger partial charge in [0.15, 0.2) is 5.78 Å². The Balaban J connectivity index is 2.71. The smallest absolute Gasteiger partial charge is 0.303 e. The summed E-state index contributed by atoms with van der Waals surface area (Å²) in [7, 11) is 0. The predicted octanol–water partition coefficient (Wildman–Crippen LogP) is 0.00380. The van der Waals surface area contributed by atoms with Crippen molar-refractivity contribution in [2.75, 3.05) is 0 Å². The Bertz CT molecular complexity index is 525. The van der Waals surface area contributed by atoms with Crippen molar-refractivity contribution >= 4 is 17.7 Å². The van der Waals surface area contributed by atoms with Crippen molar-refractivity contribution in [1.82, 2.24) is 0 Å². The molecule has 114 valence electrons. The Labute approximate surface area is 121 Å². The van der Waals surface area contributed by atoms with Crippen LogP contribution in [0.1, 0.15) is 41.3 Å². The summed E-state index contributed by atoms with van der Waals surface area (Å²) in [5.41, 5.74) is 5.58. The maximum atomic E-state index is 11.7. The van der Waals surface area contributed by atoms with E-state index in [2.05, 4.69) is 0 Å². The molecule has 0 fully saturated rings. The lowest BCUT2D eigenvalue weighted by Crippen LogP contribution is -2.25. The van der Waals surface area contributed by atoms with Crippen LogP contribution in [0.25, 0.3) is 0 Å². The van der Waals surface area contributed by atoms with Gasteiger partial charge >= 0.3 is 5.97 Å². The topological polar surface area (TPSA) is 138 Å². The third-order valence-electron chi connectivity index (χ3n) is 2.91. The third-order valence-corrected chi connectivity index (χ3v) is 2.91. The molecule has 0 aliphatic carbocycles. The highest BCUT2D eigenvalue weighted by Gasteiger charge is 2.20. The Hall–Kier alpha value is -2.25. The standard InChI is InChI=1S/C14H17NO6/c15-12(18)7-11(17)14(21)9-3-1-8(2-4-9)10(16)5-6-13(19)20/h1-4,11,14,17,21H,5-7H2,(H2,15,18)(H,19,20). The summed E-state index contributed by atoms with van der Waals surface area (Å²) in [4.78, 5) is 32.7. The maximum Gasteiger partial charge on any atom is 0.303 e. The molecule has 1 amide bonds. The summed E-state index contributed by atoms with van der Waals surface area (Å²) >= 11 is 0. The van der Waals surface area contributed by atoms with Crippen molar-refractivity contribution in [2.45, 2.75) is 31.5 Å². The van der Waals surface area contributed by atoms with Gasteiger partial charge < -0.3 is 21.1 Å². The molecule has 5 N–H and O–H groups in total. The molecular weight excluding hydrogens is 278 g/mol. The molecule has 1 rings (SSSR count). The number of ketones is 1. The fourth-order valence-electron chi connectivity index (χ4n) is 1.77. The van der Waals surface area contributed by atoms with E-state index < -0.39 is 24.1 Å². The number of carbonyl (C=O) groups is 3. The quantitative estimate of drug-likeness (QED) is 0.498. The van der Waals surface area contributed by atoms with Crippen LogP contribution in [0, 0.1) is 0 Å². The number of Topliss-reactive ketones (excluding diaryl/α,β-unsaturated/α-hetero) is 1. The zero-order chi connectivity index (χ0) is 16.0. The second-order valence-electron chi connectivity index (χ2n) is 4.62. The van der Waals surface area contributed by atoms with Gasteiger partial charge in [0.25, 0.3) is 0 Å². The second kappa shape index (κ2) is 7.51. The average Bonchev–Trinajstić information content (AvgIpc) is 2.43. The highest BCUT2D eigenvalue weighted by atomic mass is 16.4. The minimum atomic E-state index is -1.32. The van der Waals surface area contributed by atoms with Gasteiger partial charge in [-0.2, -0.15) is 0 Å². The number of primary amides is 1. The first-order chi connectivity index (χ1) is 9.81. The van der Waals surface area contributed by atoms with Gasteiger partial charge in [-0.05, 0) is 5.56 Å². The largest absolute Gasteiger partial charge is 0.481 e. The lowest BCUT2D eigenvalue weighted by molar-refractivity contribution is -0.137. The van der Waals surface area contributed by atoms with Gasteiger partial charge in [0.2, 0.25) is 5.91 Å². The van der Waals surface area contributed by atoms with Crippen molar-refractivity contribution in [3.8, 4) is 0 Å². The second-order valence-corrected chi connectivity index (χ2v) is 4.62. The zero-order valence-corrected chi connectivity index (χ0v) is 11.2. The molecule has 0 saturated carbocycles. The number of amides is 1. The van der Waals surface area contributed by atoms with Gasteiger partial charge in [-0.15, -0.1) is 0 Å². The lowest BCUT2D eigenvalue weighted by atomic mass is 9.99. The average molecular weight is 295 g/mol. The molecule has 0 radical (unpaired) electrons. The maximum absolute atomic E-state index is 11.7. The SMILES string of the molecule is NC(=O)CC(O)C(O)c1ccc(C(=O)CCC(=O)O)cc1. The molecule has 0 bridgehead atoms. The van der Waals surface area contributed by atoms with Crippen molar-refractivity contribution < 1.29 is 29.7 Å². The molecule has 1 aromatic rings. The van der Waals surface area contributed by atoms with Crippen LogP contribution >= 0.6 is 0 Å². The number of hydrogen-bond donors (Lipinski definition) is 4. The normalized spacial score (nSPS) is 13.4. The van der Waals surface area contributed by atoms with E-state index in [0.29, 0.717) is 11.1 Å². The van der Waals surface area contributed by atoms with Crippen LogP contribution < -0.4 is 5.73 Å². The van der Waals surface area contributed by atoms with Crippen LogP contribution in [0.4, 0.5) is 0 Å². The summed E-state index contributed by atoms with van der Waals surface area (Å²) in [5.74, 6) is -2.11. The molecular formula is C14H17NO6. The zero-order valence-electron chi connectivity index (χ0n) is 11.2. The first kappa shape index (κ1) is 16.8. The van der Waals surface area contributed by atoms with Gasteiger partial charge in [-0.1, -0.05) is 24.3 Å². The Morgan fingerprint density at radius 3 is 2.10 bits per heavy atom. The first-order valence-electron chi connectivity index (χ1n) is 6.30. The number of rotatable bonds is 8. The number of carboxylic acid groups (broad SMARTS) is 1. The molecule has 7 heteroatoms. The van der Waals surface area contributed by atoms with E-state index in [0.717, 1.165) is 0 Å². The third kappa shape index (κ3) is 5.33. The summed E-state index contributed by atoms with van der Waals surface area (Å²) in [6.07, 6.45) is -3.35. The van der Waals surface area contributed by atoms with E-state index in [9.17, 15) is 24.6 Å². The highest BCUT2D eigenvalue weighted by Crippen LogP contribution is 2.20. The lowest BCUT2D eigenvalue weighted by Gasteiger charge is -2.17. The molecule has 0 aliphatic heterocycles. The molecule has 1 aromatic carbocycles. The highest BCUT2D eigenvalue weighted by molar-refractivity contribution is 5.97. The fraction of sp³-hybridized carbons (Fsp3) is 0.357. The van der Waals surface area contributed by atoms with E-state index in [1.54, 1.807) is 0 Å². The minimum absolute atomic E-state index is 0.110. The van der Waals surface area contributed by atoms with E-state index in [-0.39, 0.29) is 25.0 Å². The van der Waals surface area contributed by atoms with Crippen LogP contribution in [-0.4, -0.2) is 39.1 Å². The predicted molar refractivity (Wildman–Crippen MR) is 72.4 cm³/mol. The molecule has 0 aliphatic rings. The molecule has 2 unspecified atom stereocenters. The van der Waals surface area contributed by atoms with Gasteiger partial charge in [0, 0.05) is 12.0 Å². The number of carboxylic acids is 1. The number of nitrogens with two attached hydrogens (primary N) is 1. The van der Waals surface area contributed by atoms with Crippen LogP contribution in [0.15, 0.2) is 24.3 Å². The summed E-state index contributed by atoms with van der Waals surface area (Å²) < 4.78 is 0. The van der Waals surface area contributed by atoms with Crippen LogP contribution in [0.5, 0.6) is 0 Å². The minimum Gasteiger partial charge on any atom is -0.481 e. The molecule has 0 aromatic heterocycles. The van der Waals surface area contributed by atoms with Crippen molar-refractivity contribution in [3.63, 3.8) is 0 Å². The summed E-state index contributed by atoms with van der Waals surface area (Å²) in [6.45, 7) is 0. The number of benzene rings is 1. The molecule has 21 heavy (non-hydrogen) atoms. The Morgan fingerprint density at radius 1 is 1.05 bits per heavy atom. The van der Waals surface area contributed by atoms with E-state index in [1.165, 1.54) is 24.3 Å². The van der Waals surface area contributed by atoms with Crippen molar-refractivity contribution in [1.29, 1.82) is 0 Å². The van der Waals surface area contributed by atoms with Gasteiger partial charge in [-0.25, -0.2) is 0 Å². The van der Waals surface area contributed by atoms with E-state index in [1.807, 2.05) is 0 Å². The number of carbonyl (C=O) groups excluding carboxylic acids is 2. The molecule has 7 nitrogen and oxygen atoms in total. The number of hydrogen-bond acceptors (Lipinski definition) is 5. The Kier molecular flexibility index (Phi) is 6.01. The molecule has 0 spiro atoms. The van der Waals surface area contributed by atoms with Crippen LogP contribution in [0.3, 0.4) is 0 Å². The molecule has 0 saturated heterocycles.